The molecule has 4 atom stereocenters. The fourth-order valence-corrected chi connectivity index (χ4v) is 10.7. The highest BCUT2D eigenvalue weighted by Gasteiger charge is 2.58. The summed E-state index contributed by atoms with van der Waals surface area (Å²) >= 11 is 0. The molecular formula is C50H58N6O6. The maximum Gasteiger partial charge on any atom is 0.509 e. The molecule has 0 aromatic rings. The minimum atomic E-state index is -1.19. The van der Waals surface area contributed by atoms with Crippen LogP contribution in [0, 0.1) is 63.1 Å². The molecule has 2 saturated heterocycles. The van der Waals surface area contributed by atoms with Crippen LogP contribution < -0.4 is 0 Å². The quantitative estimate of drug-likeness (QED) is 0.159. The fraction of sp³-hybridized carbons (Fsp3) is 0.620. The van der Waals surface area contributed by atoms with E-state index in [0.29, 0.717) is 83.2 Å². The number of ether oxygens (including phenoxy) is 5. The molecule has 324 valence electrons. The zero-order chi connectivity index (χ0) is 44.4. The van der Waals surface area contributed by atoms with Crippen molar-refractivity contribution in [1.82, 2.24) is 0 Å². The van der Waals surface area contributed by atoms with E-state index in [-0.39, 0.29) is 24.4 Å². The van der Waals surface area contributed by atoms with Gasteiger partial charge in [-0.1, -0.05) is 61.4 Å². The first-order chi connectivity index (χ1) is 29.9. The van der Waals surface area contributed by atoms with Crippen LogP contribution in [0.15, 0.2) is 70.4 Å². The smallest absolute Gasteiger partial charge is 0.461 e. The van der Waals surface area contributed by atoms with E-state index < -0.39 is 28.6 Å². The number of carbonyl (C=O) groups excluding carboxylic acids is 1. The number of nitrogens with zero attached hydrogens (tertiary/aromatic N) is 6. The lowest BCUT2D eigenvalue weighted by Gasteiger charge is -2.35. The number of hydrogen-bond acceptors (Lipinski definition) is 6. The first-order valence-electron chi connectivity index (χ1n) is 22.1. The molecule has 2 spiro atoms. The lowest BCUT2D eigenvalue weighted by Crippen LogP contribution is -2.39. The highest BCUT2D eigenvalue weighted by molar-refractivity contribution is 5.66. The zero-order valence-corrected chi connectivity index (χ0v) is 36.4. The number of allylic oxidation sites excluding steroid dienone is 3. The average molecular weight is 839 g/mol. The largest absolute Gasteiger partial charge is 0.509 e. The van der Waals surface area contributed by atoms with Gasteiger partial charge in [0.1, 0.15) is 42.6 Å². The molecule has 2 fully saturated rings. The predicted octanol–water partition coefficient (Wildman–Crippen LogP) is 10.8. The minimum Gasteiger partial charge on any atom is -0.461 e. The lowest BCUT2D eigenvalue weighted by atomic mass is 9.73. The summed E-state index contributed by atoms with van der Waals surface area (Å²) in [6, 6.07) is 0. The number of hydrogen-bond donors (Lipinski definition) is 0. The van der Waals surface area contributed by atoms with E-state index in [2.05, 4.69) is 67.2 Å². The molecule has 6 aliphatic carbocycles. The van der Waals surface area contributed by atoms with Crippen LogP contribution in [0.4, 0.5) is 0 Å². The van der Waals surface area contributed by atoms with E-state index in [4.69, 9.17) is 63.1 Å². The summed E-state index contributed by atoms with van der Waals surface area (Å²) in [7, 11) is 0. The number of carbonyl (C=O) groups is 1. The van der Waals surface area contributed by atoms with Crippen LogP contribution in [0.3, 0.4) is 0 Å². The maximum atomic E-state index is 11.1. The molecule has 12 nitrogen and oxygen atoms in total. The Kier molecular flexibility index (Phi) is 14.8. The van der Waals surface area contributed by atoms with E-state index in [1.165, 1.54) is 31.8 Å². The molecule has 62 heavy (non-hydrogen) atoms. The summed E-state index contributed by atoms with van der Waals surface area (Å²) in [5.41, 5.74) is 2.03. The maximum absolute atomic E-state index is 11.1. The van der Waals surface area contributed by atoms with Gasteiger partial charge in [-0.05, 0) is 56.9 Å². The third-order valence-corrected chi connectivity index (χ3v) is 13.7. The van der Waals surface area contributed by atoms with Gasteiger partial charge in [-0.25, -0.2) is 68.5 Å². The number of fused-ring (bicyclic) bond motifs is 3. The van der Waals surface area contributed by atoms with Crippen LogP contribution in [-0.4, -0.2) is 67.6 Å². The van der Waals surface area contributed by atoms with Crippen LogP contribution in [0.5, 0.6) is 0 Å². The molecular weight excluding hydrogens is 781 g/mol. The summed E-state index contributed by atoms with van der Waals surface area (Å²) in [5.74, 6) is -0.323. The Hall–Kier alpha value is -5.31. The molecule has 0 amide bonds. The first kappa shape index (κ1) is 46.2. The van der Waals surface area contributed by atoms with Crippen molar-refractivity contribution in [3.05, 3.63) is 139 Å². The monoisotopic (exact) mass is 838 g/mol. The Morgan fingerprint density at radius 3 is 1.73 bits per heavy atom. The van der Waals surface area contributed by atoms with Crippen molar-refractivity contribution in [3.63, 3.8) is 0 Å². The summed E-state index contributed by atoms with van der Waals surface area (Å²) in [5, 5.41) is 0. The Balaban J connectivity index is 0.000000157. The van der Waals surface area contributed by atoms with E-state index >= 15 is 0 Å². The summed E-state index contributed by atoms with van der Waals surface area (Å²) in [6.45, 7) is 53.5. The van der Waals surface area contributed by atoms with E-state index in [1.807, 2.05) is 18.2 Å². The molecule has 0 aromatic carbocycles. The minimum absolute atomic E-state index is 0.00985. The van der Waals surface area contributed by atoms with Crippen LogP contribution in [0.25, 0.3) is 29.1 Å². The van der Waals surface area contributed by atoms with Gasteiger partial charge in [0, 0.05) is 50.4 Å². The molecule has 0 N–H and O–H groups in total. The molecule has 2 heterocycles. The molecule has 8 aliphatic rings. The van der Waals surface area contributed by atoms with Crippen molar-refractivity contribution in [3.8, 4) is 0 Å². The van der Waals surface area contributed by atoms with Crippen LogP contribution in [-0.2, 0) is 28.5 Å². The van der Waals surface area contributed by atoms with Crippen LogP contribution >= 0.6 is 0 Å². The second-order valence-electron chi connectivity index (χ2n) is 17.7. The molecule has 0 radical (unpaired) electrons. The topological polar surface area (TPSA) is 89.4 Å². The Bertz CT molecular complexity index is 2120. The Labute approximate surface area is 368 Å². The molecule has 0 saturated carbocycles. The van der Waals surface area contributed by atoms with Gasteiger partial charge in [-0.2, -0.15) is 0 Å². The van der Waals surface area contributed by atoms with E-state index in [1.54, 1.807) is 0 Å². The predicted molar refractivity (Wildman–Crippen MR) is 233 cm³/mol. The van der Waals surface area contributed by atoms with Crippen molar-refractivity contribution < 1.29 is 28.5 Å². The van der Waals surface area contributed by atoms with Gasteiger partial charge in [0.15, 0.2) is 11.6 Å². The zero-order valence-electron chi connectivity index (χ0n) is 36.4. The van der Waals surface area contributed by atoms with Crippen molar-refractivity contribution in [2.45, 2.75) is 139 Å². The molecule has 2 aliphatic heterocycles. The summed E-state index contributed by atoms with van der Waals surface area (Å²) < 4.78 is 28.4. The van der Waals surface area contributed by atoms with Crippen molar-refractivity contribution in [1.29, 1.82) is 0 Å². The third kappa shape index (κ3) is 9.52. The Morgan fingerprint density at radius 2 is 1.21 bits per heavy atom. The fourth-order valence-electron chi connectivity index (χ4n) is 10.7. The second-order valence-corrected chi connectivity index (χ2v) is 17.7. The van der Waals surface area contributed by atoms with Crippen molar-refractivity contribution in [2.75, 3.05) is 33.0 Å². The molecule has 0 aromatic heterocycles. The van der Waals surface area contributed by atoms with Gasteiger partial charge in [-0.3, -0.25) is 4.79 Å². The van der Waals surface area contributed by atoms with Gasteiger partial charge in [-0.15, -0.1) is 0 Å². The normalized spacial score (nSPS) is 28.8. The average Bonchev–Trinajstić information content (AvgIpc) is 3.83. The second kappa shape index (κ2) is 19.8. The van der Waals surface area contributed by atoms with Gasteiger partial charge in [0.05, 0.1) is 26.4 Å². The molecule has 8 rings (SSSR count). The van der Waals surface area contributed by atoms with Gasteiger partial charge in [0.25, 0.3) is 0 Å². The molecule has 0 bridgehead atoms. The Morgan fingerprint density at radius 1 is 0.694 bits per heavy atom. The van der Waals surface area contributed by atoms with Crippen LogP contribution in [0.1, 0.15) is 111 Å². The standard InChI is InChI=1S/C18H20N2O4.C16H18N2O2.C16H20N2/c1-13(21)22-12-14-4-7-18(19-2,20-3)16-5-6-17(11-15(16)10-14)23-8-9-24-17;1-12-4-7-16(17-2,18-3)14-5-6-15(11-13(14)10-12)19-8-9-20-15;1-4-8-13-9-7-12-16(17-2,18-3)15-11-6-5-10-14(13)15/h4-5,15H,6-12H2,1H3;4-5,13H,6-11H2,1H3;7,9,11,13-14H,4-6,8,10,12H2,1H3/t;;13-,14+/m..1/s1. The molecule has 12 heteroatoms. The SMILES string of the molecule is [C-]#[N+]C1([N+]#[C-])CC=C(C)CC2CC3(CC=C21)OCCO3.[C-]#[N+]C1([N+]#[C-])CC=C(COC(C)=O)CC2CC3(CC=C21)OCCO3.[C-]#[N+]C1([N+]#[C-])CC=C[C@@H](CCC)[C@@H]2CCCC=C21. The first-order valence-corrected chi connectivity index (χ1v) is 22.1. The number of rotatable bonds is 4. The molecule has 2 unspecified atom stereocenters. The highest BCUT2D eigenvalue weighted by atomic mass is 16.7. The van der Waals surface area contributed by atoms with E-state index in [0.717, 1.165) is 48.0 Å². The van der Waals surface area contributed by atoms with Gasteiger partial charge < -0.3 is 23.7 Å². The lowest BCUT2D eigenvalue weighted by molar-refractivity contribution is -0.169. The van der Waals surface area contributed by atoms with Gasteiger partial charge in [0.2, 0.25) is 0 Å². The number of esters is 1. The summed E-state index contributed by atoms with van der Waals surface area (Å²) in [6.07, 6.45) is 25.8. The highest BCUT2D eigenvalue weighted by Crippen LogP contribution is 2.51. The van der Waals surface area contributed by atoms with Gasteiger partial charge >= 0.3 is 23.0 Å². The van der Waals surface area contributed by atoms with Crippen LogP contribution in [0.2, 0.25) is 0 Å². The van der Waals surface area contributed by atoms with Crippen molar-refractivity contribution >= 4 is 5.97 Å². The third-order valence-electron chi connectivity index (χ3n) is 13.7. The summed E-state index contributed by atoms with van der Waals surface area (Å²) in [4.78, 5) is 33.3. The van der Waals surface area contributed by atoms with Crippen molar-refractivity contribution in [2.24, 2.45) is 23.7 Å². The van der Waals surface area contributed by atoms with E-state index in [9.17, 15) is 4.79 Å².